The van der Waals surface area contributed by atoms with Crippen LogP contribution in [0.15, 0.2) is 18.2 Å². The second kappa shape index (κ2) is 6.71. The lowest BCUT2D eigenvalue weighted by Gasteiger charge is -2.12. The molecule has 1 aliphatic carbocycles. The van der Waals surface area contributed by atoms with Crippen LogP contribution in [-0.2, 0) is 16.1 Å². The number of amides is 1. The van der Waals surface area contributed by atoms with Crippen LogP contribution in [0.25, 0.3) is 0 Å². The zero-order valence-corrected chi connectivity index (χ0v) is 11.9. The van der Waals surface area contributed by atoms with Crippen LogP contribution >= 0.6 is 0 Å². The minimum atomic E-state index is 0.0108. The SMILES string of the molecule is Cc1ccc(COCC(=O)NC2CCCC2)c(C)c1. The van der Waals surface area contributed by atoms with Crippen LogP contribution in [0.2, 0.25) is 0 Å². The molecule has 2 rings (SSSR count). The molecule has 0 radical (unpaired) electrons. The standard InChI is InChI=1S/C16H23NO2/c1-12-7-8-14(13(2)9-12)10-19-11-16(18)17-15-5-3-4-6-15/h7-9,15H,3-6,10-11H2,1-2H3,(H,17,18). The van der Waals surface area contributed by atoms with Crippen LogP contribution in [0.5, 0.6) is 0 Å². The minimum Gasteiger partial charge on any atom is -0.367 e. The summed E-state index contributed by atoms with van der Waals surface area (Å²) in [5, 5.41) is 3.02. The number of aryl methyl sites for hydroxylation is 2. The first-order chi connectivity index (χ1) is 9.15. The first kappa shape index (κ1) is 14.1. The third-order valence-corrected chi connectivity index (χ3v) is 3.71. The van der Waals surface area contributed by atoms with Gasteiger partial charge in [-0.2, -0.15) is 0 Å². The molecule has 1 aromatic carbocycles. The van der Waals surface area contributed by atoms with Crippen LogP contribution in [0.1, 0.15) is 42.4 Å². The third-order valence-electron chi connectivity index (χ3n) is 3.71. The lowest BCUT2D eigenvalue weighted by Crippen LogP contribution is -2.35. The van der Waals surface area contributed by atoms with E-state index in [9.17, 15) is 4.79 Å². The highest BCUT2D eigenvalue weighted by Gasteiger charge is 2.16. The molecule has 0 spiro atoms. The lowest BCUT2D eigenvalue weighted by atomic mass is 10.1. The Bertz CT molecular complexity index is 436. The Morgan fingerprint density at radius 2 is 2.05 bits per heavy atom. The van der Waals surface area contributed by atoms with Crippen molar-refractivity contribution in [3.8, 4) is 0 Å². The third kappa shape index (κ3) is 4.35. The van der Waals surface area contributed by atoms with Crippen LogP contribution in [0.4, 0.5) is 0 Å². The van der Waals surface area contributed by atoms with Crippen molar-refractivity contribution in [1.29, 1.82) is 0 Å². The van der Waals surface area contributed by atoms with Gasteiger partial charge in [0.25, 0.3) is 0 Å². The predicted molar refractivity (Wildman–Crippen MR) is 76.0 cm³/mol. The Balaban J connectivity index is 1.72. The van der Waals surface area contributed by atoms with E-state index in [1.54, 1.807) is 0 Å². The van der Waals surface area contributed by atoms with Crippen LogP contribution in [0, 0.1) is 13.8 Å². The minimum absolute atomic E-state index is 0.0108. The molecular formula is C16H23NO2. The van der Waals surface area contributed by atoms with E-state index in [1.165, 1.54) is 24.0 Å². The summed E-state index contributed by atoms with van der Waals surface area (Å²) in [7, 11) is 0. The van der Waals surface area contributed by atoms with Crippen molar-refractivity contribution in [2.75, 3.05) is 6.61 Å². The number of hydrogen-bond donors (Lipinski definition) is 1. The molecule has 1 fully saturated rings. The summed E-state index contributed by atoms with van der Waals surface area (Å²) in [6.45, 7) is 4.81. The topological polar surface area (TPSA) is 38.3 Å². The summed E-state index contributed by atoms with van der Waals surface area (Å²) < 4.78 is 5.50. The highest BCUT2D eigenvalue weighted by Crippen LogP contribution is 2.17. The molecule has 3 nitrogen and oxygen atoms in total. The van der Waals surface area contributed by atoms with Gasteiger partial charge in [-0.15, -0.1) is 0 Å². The molecule has 0 saturated heterocycles. The fraction of sp³-hybridized carbons (Fsp3) is 0.562. The van der Waals surface area contributed by atoms with Crippen molar-refractivity contribution in [3.63, 3.8) is 0 Å². The molecule has 0 aromatic heterocycles. The molecule has 1 N–H and O–H groups in total. The molecule has 0 bridgehead atoms. The molecule has 1 aliphatic rings. The smallest absolute Gasteiger partial charge is 0.246 e. The Kier molecular flexibility index (Phi) is 4.97. The molecule has 0 atom stereocenters. The molecule has 0 heterocycles. The molecule has 1 saturated carbocycles. The van der Waals surface area contributed by atoms with E-state index in [1.807, 2.05) is 0 Å². The second-order valence-corrected chi connectivity index (χ2v) is 5.47. The average molecular weight is 261 g/mol. The Morgan fingerprint density at radius 1 is 1.32 bits per heavy atom. The average Bonchev–Trinajstić information content (AvgIpc) is 2.84. The molecule has 19 heavy (non-hydrogen) atoms. The van der Waals surface area contributed by atoms with Gasteiger partial charge in [-0.25, -0.2) is 0 Å². The van der Waals surface area contributed by atoms with Crippen molar-refractivity contribution in [2.45, 2.75) is 52.2 Å². The van der Waals surface area contributed by atoms with Crippen LogP contribution < -0.4 is 5.32 Å². The van der Waals surface area contributed by atoms with Crippen molar-refractivity contribution in [3.05, 3.63) is 34.9 Å². The number of ether oxygens (including phenoxy) is 1. The van der Waals surface area contributed by atoms with Crippen molar-refractivity contribution in [2.24, 2.45) is 0 Å². The fourth-order valence-electron chi connectivity index (χ4n) is 2.60. The maximum atomic E-state index is 11.7. The first-order valence-corrected chi connectivity index (χ1v) is 7.08. The van der Waals surface area contributed by atoms with E-state index < -0.39 is 0 Å². The summed E-state index contributed by atoms with van der Waals surface area (Å²) in [5.41, 5.74) is 3.62. The van der Waals surface area contributed by atoms with E-state index in [0.717, 1.165) is 18.4 Å². The van der Waals surface area contributed by atoms with E-state index in [2.05, 4.69) is 37.4 Å². The zero-order chi connectivity index (χ0) is 13.7. The van der Waals surface area contributed by atoms with Crippen LogP contribution in [0.3, 0.4) is 0 Å². The van der Waals surface area contributed by atoms with Gasteiger partial charge in [0.2, 0.25) is 5.91 Å². The lowest BCUT2D eigenvalue weighted by molar-refractivity contribution is -0.126. The van der Waals surface area contributed by atoms with Gasteiger partial charge in [0, 0.05) is 6.04 Å². The fourth-order valence-corrected chi connectivity index (χ4v) is 2.60. The molecule has 3 heteroatoms. The summed E-state index contributed by atoms with van der Waals surface area (Å²) >= 11 is 0. The Hall–Kier alpha value is -1.35. The molecule has 0 aliphatic heterocycles. The van der Waals surface area contributed by atoms with E-state index >= 15 is 0 Å². The normalized spacial score (nSPS) is 15.7. The van der Waals surface area contributed by atoms with E-state index in [0.29, 0.717) is 12.6 Å². The molecule has 1 aromatic rings. The van der Waals surface area contributed by atoms with Gasteiger partial charge in [0.05, 0.1) is 6.61 Å². The van der Waals surface area contributed by atoms with Gasteiger partial charge in [-0.05, 0) is 37.8 Å². The second-order valence-electron chi connectivity index (χ2n) is 5.47. The first-order valence-electron chi connectivity index (χ1n) is 7.08. The highest BCUT2D eigenvalue weighted by atomic mass is 16.5. The van der Waals surface area contributed by atoms with Crippen molar-refractivity contribution >= 4 is 5.91 Å². The number of nitrogens with one attached hydrogen (secondary N) is 1. The van der Waals surface area contributed by atoms with Gasteiger partial charge in [0.15, 0.2) is 0 Å². The number of rotatable bonds is 5. The number of benzene rings is 1. The summed E-state index contributed by atoms with van der Waals surface area (Å²) in [4.78, 5) is 11.7. The molecule has 0 unspecified atom stereocenters. The highest BCUT2D eigenvalue weighted by molar-refractivity contribution is 5.77. The zero-order valence-electron chi connectivity index (χ0n) is 11.9. The summed E-state index contributed by atoms with van der Waals surface area (Å²) in [6, 6.07) is 6.65. The number of hydrogen-bond acceptors (Lipinski definition) is 2. The van der Waals surface area contributed by atoms with Crippen molar-refractivity contribution < 1.29 is 9.53 Å². The van der Waals surface area contributed by atoms with Crippen LogP contribution in [-0.4, -0.2) is 18.6 Å². The Labute approximate surface area is 115 Å². The van der Waals surface area contributed by atoms with Gasteiger partial charge < -0.3 is 10.1 Å². The van der Waals surface area contributed by atoms with Gasteiger partial charge in [-0.1, -0.05) is 36.6 Å². The number of carbonyl (C=O) groups excluding carboxylic acids is 1. The number of carbonyl (C=O) groups is 1. The molecule has 104 valence electrons. The predicted octanol–water partition coefficient (Wildman–Crippen LogP) is 2.88. The maximum absolute atomic E-state index is 11.7. The molecule has 1 amide bonds. The largest absolute Gasteiger partial charge is 0.367 e. The Morgan fingerprint density at radius 3 is 2.74 bits per heavy atom. The van der Waals surface area contributed by atoms with Gasteiger partial charge >= 0.3 is 0 Å². The van der Waals surface area contributed by atoms with Crippen molar-refractivity contribution in [1.82, 2.24) is 5.32 Å². The molecular weight excluding hydrogens is 238 g/mol. The van der Waals surface area contributed by atoms with E-state index in [-0.39, 0.29) is 12.5 Å². The maximum Gasteiger partial charge on any atom is 0.246 e. The summed E-state index contributed by atoms with van der Waals surface area (Å²) in [5.74, 6) is 0.0108. The monoisotopic (exact) mass is 261 g/mol. The quantitative estimate of drug-likeness (QED) is 0.885. The van der Waals surface area contributed by atoms with E-state index in [4.69, 9.17) is 4.74 Å². The van der Waals surface area contributed by atoms with Gasteiger partial charge in [0.1, 0.15) is 6.61 Å². The summed E-state index contributed by atoms with van der Waals surface area (Å²) in [6.07, 6.45) is 4.69. The van der Waals surface area contributed by atoms with Gasteiger partial charge in [-0.3, -0.25) is 4.79 Å².